The van der Waals surface area contributed by atoms with Crippen molar-refractivity contribution in [3.8, 4) is 0 Å². The van der Waals surface area contributed by atoms with Gasteiger partial charge in [0.1, 0.15) is 0 Å². The van der Waals surface area contributed by atoms with Crippen LogP contribution in [0.3, 0.4) is 0 Å². The van der Waals surface area contributed by atoms with E-state index in [4.69, 9.17) is 0 Å². The van der Waals surface area contributed by atoms with Crippen LogP contribution in [0.4, 0.5) is 0 Å². The average Bonchev–Trinajstić information content (AvgIpc) is 2.23. The highest BCUT2D eigenvalue weighted by Crippen LogP contribution is 2.60. The lowest BCUT2D eigenvalue weighted by Crippen LogP contribution is -2.50. The fraction of sp³-hybridized carbons (Fsp3) is 1.00. The molecule has 3 saturated carbocycles. The zero-order chi connectivity index (χ0) is 11.4. The van der Waals surface area contributed by atoms with Crippen molar-refractivity contribution in [1.82, 2.24) is 0 Å². The molecule has 0 aromatic rings. The summed E-state index contributed by atoms with van der Waals surface area (Å²) in [6, 6.07) is 0. The second-order valence-corrected chi connectivity index (χ2v) is 5.03. The molecule has 2 bridgehead atoms. The summed E-state index contributed by atoms with van der Waals surface area (Å²) in [5, 5.41) is 0. The minimum Gasteiger partial charge on any atom is -0.0683 e. The Kier molecular flexibility index (Phi) is 5.78. The molecule has 0 heteroatoms. The van der Waals surface area contributed by atoms with Crippen LogP contribution >= 0.6 is 0 Å². The Balaban J connectivity index is 0.000000379. The largest absolute Gasteiger partial charge is 0.0683 e. The molecule has 3 rings (SSSR count). The Bertz CT molecular complexity index is 132. The second kappa shape index (κ2) is 5.78. The normalized spacial score (nSPS) is 36.6. The summed E-state index contributed by atoms with van der Waals surface area (Å²) < 4.78 is 0. The summed E-state index contributed by atoms with van der Waals surface area (Å²) in [6.45, 7) is 15.3. The molecule has 3 aliphatic rings. The third-order valence-corrected chi connectivity index (χ3v) is 4.05. The first-order chi connectivity index (χ1) is 6.60. The first kappa shape index (κ1) is 14.0. The van der Waals surface area contributed by atoms with E-state index in [1.165, 1.54) is 19.3 Å². The molecule has 0 aliphatic heterocycles. The zero-order valence-corrected chi connectivity index (χ0v) is 11.4. The summed E-state index contributed by atoms with van der Waals surface area (Å²) in [5.41, 5.74) is 0.715. The third-order valence-electron chi connectivity index (χ3n) is 4.05. The van der Waals surface area contributed by atoms with Crippen molar-refractivity contribution in [2.75, 3.05) is 0 Å². The van der Waals surface area contributed by atoms with Crippen molar-refractivity contribution in [3.05, 3.63) is 0 Å². The number of fused-ring (bicyclic) bond motifs is 2. The molecule has 0 saturated heterocycles. The Morgan fingerprint density at radius 2 is 1.14 bits per heavy atom. The maximum absolute atomic E-state index is 2.46. The van der Waals surface area contributed by atoms with Gasteiger partial charge in [-0.2, -0.15) is 0 Å². The molecule has 0 aromatic heterocycles. The molecule has 2 unspecified atom stereocenters. The Morgan fingerprint density at radius 1 is 0.786 bits per heavy atom. The standard InChI is InChI=1S/C10H18.2C2H6/c1-7-4-8-6-9(5-7)10(8,2)3;2*1-2/h7-9H,4-6H2,1-3H3;2*1-2H3. The van der Waals surface area contributed by atoms with Crippen LogP contribution in [0.25, 0.3) is 0 Å². The first-order valence-electron chi connectivity index (χ1n) is 6.60. The van der Waals surface area contributed by atoms with Crippen LogP contribution in [0.15, 0.2) is 0 Å². The lowest BCUT2D eigenvalue weighted by atomic mass is 9.47. The number of rotatable bonds is 0. The minimum atomic E-state index is 0.715. The summed E-state index contributed by atoms with van der Waals surface area (Å²) in [6.07, 6.45) is 4.55. The Morgan fingerprint density at radius 3 is 1.36 bits per heavy atom. The molecule has 2 atom stereocenters. The molecule has 0 heterocycles. The van der Waals surface area contributed by atoms with E-state index in [2.05, 4.69) is 20.8 Å². The molecular formula is C14H30. The van der Waals surface area contributed by atoms with E-state index < -0.39 is 0 Å². The van der Waals surface area contributed by atoms with Gasteiger partial charge >= 0.3 is 0 Å². The maximum Gasteiger partial charge on any atom is -0.0297 e. The van der Waals surface area contributed by atoms with Gasteiger partial charge in [-0.05, 0) is 42.4 Å². The summed E-state index contributed by atoms with van der Waals surface area (Å²) in [7, 11) is 0. The molecule has 86 valence electrons. The van der Waals surface area contributed by atoms with Crippen molar-refractivity contribution < 1.29 is 0 Å². The van der Waals surface area contributed by atoms with Crippen molar-refractivity contribution in [1.29, 1.82) is 0 Å². The highest BCUT2D eigenvalue weighted by molar-refractivity contribution is 5.01. The first-order valence-corrected chi connectivity index (χ1v) is 6.60. The predicted octanol–water partition coefficient (Wildman–Crippen LogP) is 5.13. The summed E-state index contributed by atoms with van der Waals surface area (Å²) >= 11 is 0. The van der Waals surface area contributed by atoms with Crippen LogP contribution in [0.5, 0.6) is 0 Å². The van der Waals surface area contributed by atoms with Crippen molar-refractivity contribution in [2.24, 2.45) is 23.2 Å². The van der Waals surface area contributed by atoms with Crippen molar-refractivity contribution in [2.45, 2.75) is 67.7 Å². The van der Waals surface area contributed by atoms with Gasteiger partial charge in [0.2, 0.25) is 0 Å². The Hall–Kier alpha value is 0. The molecule has 0 radical (unpaired) electrons. The van der Waals surface area contributed by atoms with Gasteiger partial charge < -0.3 is 0 Å². The lowest BCUT2D eigenvalue weighted by molar-refractivity contribution is -0.0860. The van der Waals surface area contributed by atoms with Crippen LogP contribution in [-0.2, 0) is 0 Å². The van der Waals surface area contributed by atoms with Crippen LogP contribution in [0, 0.1) is 23.2 Å². The highest BCUT2D eigenvalue weighted by Gasteiger charge is 2.51. The van der Waals surface area contributed by atoms with Crippen LogP contribution in [0.1, 0.15) is 67.7 Å². The van der Waals surface area contributed by atoms with Gasteiger partial charge in [0, 0.05) is 0 Å². The highest BCUT2D eigenvalue weighted by atomic mass is 14.6. The van der Waals surface area contributed by atoms with Gasteiger partial charge in [-0.15, -0.1) is 0 Å². The van der Waals surface area contributed by atoms with E-state index in [9.17, 15) is 0 Å². The van der Waals surface area contributed by atoms with Gasteiger partial charge in [-0.3, -0.25) is 0 Å². The van der Waals surface area contributed by atoms with Crippen LogP contribution in [0.2, 0.25) is 0 Å². The van der Waals surface area contributed by atoms with Gasteiger partial charge in [-0.25, -0.2) is 0 Å². The van der Waals surface area contributed by atoms with Gasteiger partial charge in [0.05, 0.1) is 0 Å². The van der Waals surface area contributed by atoms with E-state index in [0.717, 1.165) is 17.8 Å². The molecule has 0 N–H and O–H groups in total. The molecule has 0 aromatic carbocycles. The third kappa shape index (κ3) is 2.52. The fourth-order valence-corrected chi connectivity index (χ4v) is 2.99. The summed E-state index contributed by atoms with van der Waals surface area (Å²) in [5.74, 6) is 3.17. The van der Waals surface area contributed by atoms with Gasteiger partial charge in [0.25, 0.3) is 0 Å². The zero-order valence-electron chi connectivity index (χ0n) is 11.4. The van der Waals surface area contributed by atoms with E-state index >= 15 is 0 Å². The molecule has 0 nitrogen and oxygen atoms in total. The Labute approximate surface area is 91.5 Å². The number of hydrogen-bond donors (Lipinski definition) is 0. The van der Waals surface area contributed by atoms with Crippen molar-refractivity contribution >= 4 is 0 Å². The van der Waals surface area contributed by atoms with E-state index in [0.29, 0.717) is 5.41 Å². The fourth-order valence-electron chi connectivity index (χ4n) is 2.99. The topological polar surface area (TPSA) is 0 Å². The molecular weight excluding hydrogens is 168 g/mol. The molecule has 14 heavy (non-hydrogen) atoms. The van der Waals surface area contributed by atoms with E-state index in [-0.39, 0.29) is 0 Å². The second-order valence-electron chi connectivity index (χ2n) is 5.03. The minimum absolute atomic E-state index is 0.715. The molecule has 3 fully saturated rings. The maximum atomic E-state index is 2.46. The van der Waals surface area contributed by atoms with Gasteiger partial charge in [-0.1, -0.05) is 48.5 Å². The quantitative estimate of drug-likeness (QED) is 0.506. The van der Waals surface area contributed by atoms with Crippen LogP contribution in [-0.4, -0.2) is 0 Å². The molecule has 0 spiro atoms. The number of hydrogen-bond acceptors (Lipinski definition) is 0. The predicted molar refractivity (Wildman–Crippen MR) is 66.5 cm³/mol. The van der Waals surface area contributed by atoms with Crippen molar-refractivity contribution in [3.63, 3.8) is 0 Å². The van der Waals surface area contributed by atoms with Gasteiger partial charge in [0.15, 0.2) is 0 Å². The smallest absolute Gasteiger partial charge is 0.0297 e. The SMILES string of the molecule is CC.CC.CC1CC2CC(C1)C2(C)C. The molecule has 3 aliphatic carbocycles. The summed E-state index contributed by atoms with van der Waals surface area (Å²) in [4.78, 5) is 0. The average molecular weight is 198 g/mol. The van der Waals surface area contributed by atoms with Crippen LogP contribution < -0.4 is 0 Å². The van der Waals surface area contributed by atoms with E-state index in [1.54, 1.807) is 0 Å². The lowest BCUT2D eigenvalue weighted by Gasteiger charge is -2.58. The monoisotopic (exact) mass is 198 g/mol. The van der Waals surface area contributed by atoms with E-state index in [1.807, 2.05) is 27.7 Å². The molecule has 0 amide bonds.